The second-order valence-corrected chi connectivity index (χ2v) is 3.54. The Morgan fingerprint density at radius 3 is 2.67 bits per heavy atom. The van der Waals surface area contributed by atoms with Crippen LogP contribution in [0.2, 0.25) is 0 Å². The molecule has 1 aromatic heterocycles. The molecule has 4 nitrogen and oxygen atoms in total. The molecule has 1 amide bonds. The standard InChI is InChI=1S/C7H11N3OS/c1-4(2)6(11)9-7-8-5(3)10-12-7/h4H,1-3H3,(H,8,9,10,11). The Kier molecular flexibility index (Phi) is 2.75. The van der Waals surface area contributed by atoms with Gasteiger partial charge in [-0.3, -0.25) is 4.79 Å². The Bertz CT molecular complexity index is 282. The van der Waals surface area contributed by atoms with Gasteiger partial charge < -0.3 is 5.32 Å². The van der Waals surface area contributed by atoms with E-state index in [1.54, 1.807) is 6.92 Å². The van der Waals surface area contributed by atoms with Gasteiger partial charge in [-0.15, -0.1) is 0 Å². The van der Waals surface area contributed by atoms with Gasteiger partial charge in [-0.1, -0.05) is 13.8 Å². The molecule has 0 fully saturated rings. The van der Waals surface area contributed by atoms with Gasteiger partial charge in [0.05, 0.1) is 0 Å². The highest BCUT2D eigenvalue weighted by molar-refractivity contribution is 7.09. The monoisotopic (exact) mass is 185 g/mol. The molecule has 0 saturated heterocycles. The van der Waals surface area contributed by atoms with Crippen molar-refractivity contribution in [2.24, 2.45) is 5.92 Å². The number of aromatic nitrogens is 2. The van der Waals surface area contributed by atoms with Crippen LogP contribution in [0.5, 0.6) is 0 Å². The van der Waals surface area contributed by atoms with Crippen molar-refractivity contribution in [3.63, 3.8) is 0 Å². The lowest BCUT2D eigenvalue weighted by molar-refractivity contribution is -0.118. The van der Waals surface area contributed by atoms with Crippen molar-refractivity contribution in [3.8, 4) is 0 Å². The Labute approximate surface area is 75.2 Å². The topological polar surface area (TPSA) is 54.9 Å². The van der Waals surface area contributed by atoms with Crippen molar-refractivity contribution in [1.29, 1.82) is 0 Å². The zero-order valence-corrected chi connectivity index (χ0v) is 8.10. The summed E-state index contributed by atoms with van der Waals surface area (Å²) in [6, 6.07) is 0. The van der Waals surface area contributed by atoms with Crippen LogP contribution in [0.25, 0.3) is 0 Å². The molecular formula is C7H11N3OS. The highest BCUT2D eigenvalue weighted by Gasteiger charge is 2.09. The average molecular weight is 185 g/mol. The van der Waals surface area contributed by atoms with E-state index < -0.39 is 0 Å². The van der Waals surface area contributed by atoms with Gasteiger partial charge in [-0.05, 0) is 6.92 Å². The van der Waals surface area contributed by atoms with E-state index in [4.69, 9.17) is 0 Å². The Morgan fingerprint density at radius 2 is 2.25 bits per heavy atom. The molecule has 0 aromatic carbocycles. The predicted octanol–water partition coefficient (Wildman–Crippen LogP) is 1.44. The van der Waals surface area contributed by atoms with E-state index >= 15 is 0 Å². The van der Waals surface area contributed by atoms with Crippen molar-refractivity contribution < 1.29 is 4.79 Å². The number of rotatable bonds is 2. The van der Waals surface area contributed by atoms with Gasteiger partial charge in [-0.25, -0.2) is 4.98 Å². The second kappa shape index (κ2) is 3.62. The summed E-state index contributed by atoms with van der Waals surface area (Å²) in [5.41, 5.74) is 0. The Morgan fingerprint density at radius 1 is 1.58 bits per heavy atom. The minimum absolute atomic E-state index is 0.0193. The van der Waals surface area contributed by atoms with Crippen molar-refractivity contribution in [2.45, 2.75) is 20.8 Å². The molecule has 0 atom stereocenters. The summed E-state index contributed by atoms with van der Waals surface area (Å²) >= 11 is 1.20. The third kappa shape index (κ3) is 2.27. The van der Waals surface area contributed by atoms with Gasteiger partial charge >= 0.3 is 0 Å². The Balaban J connectivity index is 2.58. The summed E-state index contributed by atoms with van der Waals surface area (Å²) in [6.45, 7) is 5.47. The van der Waals surface area contributed by atoms with E-state index in [0.717, 1.165) is 0 Å². The fourth-order valence-electron chi connectivity index (χ4n) is 0.598. The number of anilines is 1. The molecule has 1 N–H and O–H groups in total. The minimum Gasteiger partial charge on any atom is -0.301 e. The predicted molar refractivity (Wildman–Crippen MR) is 48.1 cm³/mol. The van der Waals surface area contributed by atoms with E-state index in [2.05, 4.69) is 14.7 Å². The molecule has 0 aliphatic rings. The van der Waals surface area contributed by atoms with Gasteiger partial charge in [0, 0.05) is 17.5 Å². The maximum absolute atomic E-state index is 11.1. The minimum atomic E-state index is -0.0221. The third-order valence-corrected chi connectivity index (χ3v) is 2.00. The average Bonchev–Trinajstić information content (AvgIpc) is 2.35. The molecule has 0 bridgehead atoms. The second-order valence-electron chi connectivity index (χ2n) is 2.79. The molecule has 12 heavy (non-hydrogen) atoms. The van der Waals surface area contributed by atoms with Crippen LogP contribution in [-0.2, 0) is 4.79 Å². The van der Waals surface area contributed by atoms with Crippen LogP contribution in [0.1, 0.15) is 19.7 Å². The van der Waals surface area contributed by atoms with Gasteiger partial charge in [0.15, 0.2) is 0 Å². The van der Waals surface area contributed by atoms with E-state index in [0.29, 0.717) is 11.0 Å². The number of carbonyl (C=O) groups excluding carboxylic acids is 1. The van der Waals surface area contributed by atoms with Crippen molar-refractivity contribution >= 4 is 22.6 Å². The van der Waals surface area contributed by atoms with Crippen LogP contribution in [0.3, 0.4) is 0 Å². The zero-order valence-electron chi connectivity index (χ0n) is 7.29. The highest BCUT2D eigenvalue weighted by atomic mass is 32.1. The summed E-state index contributed by atoms with van der Waals surface area (Å²) in [5.74, 6) is 0.652. The summed E-state index contributed by atoms with van der Waals surface area (Å²) in [6.07, 6.45) is 0. The Hall–Kier alpha value is -0.970. The van der Waals surface area contributed by atoms with Crippen LogP contribution >= 0.6 is 11.5 Å². The molecule has 1 rings (SSSR count). The molecule has 0 aliphatic carbocycles. The van der Waals surface area contributed by atoms with E-state index in [9.17, 15) is 4.79 Å². The normalized spacial score (nSPS) is 10.3. The zero-order chi connectivity index (χ0) is 9.14. The van der Waals surface area contributed by atoms with E-state index in [1.165, 1.54) is 11.5 Å². The number of nitrogens with zero attached hydrogens (tertiary/aromatic N) is 2. The molecule has 1 aromatic rings. The molecule has 5 heteroatoms. The van der Waals surface area contributed by atoms with Gasteiger partial charge in [-0.2, -0.15) is 4.37 Å². The lowest BCUT2D eigenvalue weighted by Crippen LogP contribution is -2.17. The van der Waals surface area contributed by atoms with Gasteiger partial charge in [0.2, 0.25) is 11.0 Å². The molecule has 0 saturated carbocycles. The van der Waals surface area contributed by atoms with E-state index in [-0.39, 0.29) is 11.8 Å². The van der Waals surface area contributed by atoms with Crippen LogP contribution < -0.4 is 5.32 Å². The van der Waals surface area contributed by atoms with Gasteiger partial charge in [0.1, 0.15) is 5.82 Å². The number of carbonyl (C=O) groups is 1. The molecule has 1 heterocycles. The molecular weight excluding hydrogens is 174 g/mol. The summed E-state index contributed by atoms with van der Waals surface area (Å²) in [4.78, 5) is 15.2. The molecule has 66 valence electrons. The van der Waals surface area contributed by atoms with E-state index in [1.807, 2.05) is 13.8 Å². The van der Waals surface area contributed by atoms with Crippen LogP contribution in [-0.4, -0.2) is 15.3 Å². The largest absolute Gasteiger partial charge is 0.301 e. The highest BCUT2D eigenvalue weighted by Crippen LogP contribution is 2.11. The van der Waals surface area contributed by atoms with Crippen LogP contribution in [0.15, 0.2) is 0 Å². The fourth-order valence-corrected chi connectivity index (χ4v) is 1.18. The molecule has 0 spiro atoms. The first-order valence-corrected chi connectivity index (χ1v) is 4.48. The lowest BCUT2D eigenvalue weighted by Gasteiger charge is -2.02. The first-order chi connectivity index (χ1) is 5.59. The van der Waals surface area contributed by atoms with Gasteiger partial charge in [0.25, 0.3) is 0 Å². The lowest BCUT2D eigenvalue weighted by atomic mass is 10.2. The molecule has 0 radical (unpaired) electrons. The van der Waals surface area contributed by atoms with Crippen LogP contribution in [0.4, 0.5) is 5.13 Å². The number of nitrogens with one attached hydrogen (secondary N) is 1. The first kappa shape index (κ1) is 9.12. The van der Waals surface area contributed by atoms with Crippen molar-refractivity contribution in [3.05, 3.63) is 5.82 Å². The summed E-state index contributed by atoms with van der Waals surface area (Å²) in [5, 5.41) is 3.24. The number of aryl methyl sites for hydroxylation is 1. The maximum Gasteiger partial charge on any atom is 0.228 e. The van der Waals surface area contributed by atoms with Crippen LogP contribution in [0, 0.1) is 12.8 Å². The third-order valence-electron chi connectivity index (χ3n) is 1.28. The maximum atomic E-state index is 11.1. The fraction of sp³-hybridized carbons (Fsp3) is 0.571. The number of amides is 1. The molecule has 0 unspecified atom stereocenters. The smallest absolute Gasteiger partial charge is 0.228 e. The van der Waals surface area contributed by atoms with Crippen molar-refractivity contribution in [2.75, 3.05) is 5.32 Å². The number of hydrogen-bond acceptors (Lipinski definition) is 4. The first-order valence-electron chi connectivity index (χ1n) is 3.71. The quantitative estimate of drug-likeness (QED) is 0.758. The molecule has 0 aliphatic heterocycles. The number of hydrogen-bond donors (Lipinski definition) is 1. The summed E-state index contributed by atoms with van der Waals surface area (Å²) < 4.78 is 3.94. The van der Waals surface area contributed by atoms with Crippen molar-refractivity contribution in [1.82, 2.24) is 9.36 Å². The summed E-state index contributed by atoms with van der Waals surface area (Å²) in [7, 11) is 0. The SMILES string of the molecule is Cc1nsc(NC(=O)C(C)C)n1.